The quantitative estimate of drug-likeness (QED) is 0.193. The molecule has 0 aliphatic heterocycles. The summed E-state index contributed by atoms with van der Waals surface area (Å²) in [7, 11) is 0. The number of nitrogens with zero attached hydrogens (tertiary/aromatic N) is 1. The molecule has 1 aromatic rings. The minimum Gasteiger partial charge on any atom is -0.547 e. The molecule has 6 N–H and O–H groups in total. The molecule has 11 nitrogen and oxygen atoms in total. The van der Waals surface area contributed by atoms with Gasteiger partial charge in [-0.1, -0.05) is 0 Å². The number of aliphatic hydroxyl groups is 5. The largest absolute Gasteiger partial charge is 2.00 e. The number of imidazole rings is 1. The van der Waals surface area contributed by atoms with Crippen LogP contribution in [-0.2, 0) is 26.7 Å². The number of hydrogen-bond acceptors (Lipinski definition) is 10. The standard InChI is InChI=1S/C6H6N2O2.C6H12O7.Mn/c9-6(10)2-1-5-3-7-4-8-5;7-1-2(8)3(9)4(10)5(11)6(12)13;/h1-4H,(H,7,8)(H,9,10);2-5,7-11H,1H2,(H,12,13);/q;;+2/p-2/t;2-,3-,4+,5-;/m.1./s1. The Balaban J connectivity index is 0. The summed E-state index contributed by atoms with van der Waals surface area (Å²) in [5, 5.41) is 63.3. The average molecular weight is 387 g/mol. The van der Waals surface area contributed by atoms with Crippen molar-refractivity contribution in [1.82, 2.24) is 9.97 Å². The monoisotopic (exact) mass is 387 g/mol. The van der Waals surface area contributed by atoms with Crippen LogP contribution >= 0.6 is 0 Å². The molecule has 0 aromatic carbocycles. The van der Waals surface area contributed by atoms with Crippen molar-refractivity contribution in [2.75, 3.05) is 6.61 Å². The molecule has 1 radical (unpaired) electrons. The van der Waals surface area contributed by atoms with Gasteiger partial charge in [0.05, 0.1) is 30.6 Å². The topological polar surface area (TPSA) is 210 Å². The van der Waals surface area contributed by atoms with Crippen molar-refractivity contribution in [3.05, 3.63) is 24.3 Å². The predicted molar refractivity (Wildman–Crippen MR) is 68.7 cm³/mol. The minimum atomic E-state index is -2.31. The van der Waals surface area contributed by atoms with E-state index in [2.05, 4.69) is 9.97 Å². The second-order valence-corrected chi connectivity index (χ2v) is 4.14. The number of aliphatic hydroxyl groups excluding tert-OH is 5. The molecule has 1 rings (SSSR count). The fraction of sp³-hybridized carbons (Fsp3) is 0.417. The zero-order valence-corrected chi connectivity index (χ0v) is 13.2. The predicted octanol–water partition coefficient (Wildman–Crippen LogP) is -5.66. The van der Waals surface area contributed by atoms with Crippen LogP contribution in [0.3, 0.4) is 0 Å². The van der Waals surface area contributed by atoms with Crippen LogP contribution in [0.2, 0.25) is 0 Å². The van der Waals surface area contributed by atoms with E-state index in [1.54, 1.807) is 6.20 Å². The molecule has 0 aliphatic rings. The third-order valence-electron chi connectivity index (χ3n) is 2.41. The van der Waals surface area contributed by atoms with Crippen LogP contribution in [0, 0.1) is 0 Å². The normalized spacial score (nSPS) is 15.4. The summed E-state index contributed by atoms with van der Waals surface area (Å²) < 4.78 is 0. The van der Waals surface area contributed by atoms with Gasteiger partial charge in [0, 0.05) is 6.20 Å². The second-order valence-electron chi connectivity index (χ2n) is 4.14. The Morgan fingerprint density at radius 3 is 2.17 bits per heavy atom. The van der Waals surface area contributed by atoms with E-state index in [1.807, 2.05) is 0 Å². The summed E-state index contributed by atoms with van der Waals surface area (Å²) in [5.41, 5.74) is 0.573. The second kappa shape index (κ2) is 12.6. The maximum atomic E-state index is 9.98. The van der Waals surface area contributed by atoms with Crippen molar-refractivity contribution in [3.8, 4) is 0 Å². The molecule has 0 amide bonds. The number of rotatable bonds is 7. The zero-order chi connectivity index (χ0) is 18.0. The van der Waals surface area contributed by atoms with Gasteiger partial charge in [0.1, 0.15) is 24.4 Å². The van der Waals surface area contributed by atoms with Crippen molar-refractivity contribution in [1.29, 1.82) is 0 Å². The molecule has 4 atom stereocenters. The molecule has 1 aromatic heterocycles. The van der Waals surface area contributed by atoms with Crippen molar-refractivity contribution < 1.29 is 62.4 Å². The number of carbonyl (C=O) groups excluding carboxylic acids is 2. The van der Waals surface area contributed by atoms with Crippen molar-refractivity contribution in [2.45, 2.75) is 24.4 Å². The Hall–Kier alpha value is -1.79. The van der Waals surface area contributed by atoms with Crippen LogP contribution in [0.25, 0.3) is 6.08 Å². The third-order valence-corrected chi connectivity index (χ3v) is 2.41. The van der Waals surface area contributed by atoms with Gasteiger partial charge in [0.25, 0.3) is 0 Å². The summed E-state index contributed by atoms with van der Waals surface area (Å²) in [6.07, 6.45) is -2.75. The van der Waals surface area contributed by atoms with E-state index in [-0.39, 0.29) is 17.1 Å². The molecule has 0 saturated carbocycles. The van der Waals surface area contributed by atoms with E-state index in [4.69, 9.17) is 25.5 Å². The number of aromatic amines is 1. The zero-order valence-electron chi connectivity index (χ0n) is 12.0. The summed E-state index contributed by atoms with van der Waals surface area (Å²) in [4.78, 5) is 26.3. The van der Waals surface area contributed by atoms with E-state index >= 15 is 0 Å². The maximum Gasteiger partial charge on any atom is 2.00 e. The summed E-state index contributed by atoms with van der Waals surface area (Å²) in [6.45, 7) is -0.863. The SMILES string of the molecule is O=C([O-])C=Cc1c[nH]cn1.O=C([O-])[C@H](O)[C@@H](O)[C@H](O)[C@H](O)CO.[Mn+2]. The number of aliphatic carboxylic acids is 2. The van der Waals surface area contributed by atoms with E-state index in [1.165, 1.54) is 12.4 Å². The molecule has 12 heteroatoms. The van der Waals surface area contributed by atoms with Crippen molar-refractivity contribution in [3.63, 3.8) is 0 Å². The molecule has 0 aliphatic carbocycles. The Bertz CT molecular complexity index is 509. The summed E-state index contributed by atoms with van der Waals surface area (Å²) in [6, 6.07) is 0. The first-order valence-corrected chi connectivity index (χ1v) is 6.12. The molecule has 135 valence electrons. The van der Waals surface area contributed by atoms with Gasteiger partial charge in [-0.25, -0.2) is 4.98 Å². The number of carbonyl (C=O) groups is 2. The van der Waals surface area contributed by atoms with Crippen LogP contribution < -0.4 is 10.2 Å². The van der Waals surface area contributed by atoms with E-state index in [9.17, 15) is 19.8 Å². The van der Waals surface area contributed by atoms with Crippen LogP contribution in [0.4, 0.5) is 0 Å². The molecule has 0 bridgehead atoms. The number of carboxylic acids is 2. The number of hydrogen-bond donors (Lipinski definition) is 6. The van der Waals surface area contributed by atoms with Gasteiger partial charge >= 0.3 is 17.1 Å². The van der Waals surface area contributed by atoms with Gasteiger partial charge in [-0.3, -0.25) is 0 Å². The fourth-order valence-electron chi connectivity index (χ4n) is 1.18. The number of nitrogens with one attached hydrogen (secondary N) is 1. The molecular weight excluding hydrogens is 371 g/mol. The molecule has 0 spiro atoms. The van der Waals surface area contributed by atoms with Crippen LogP contribution in [-0.4, -0.2) is 78.5 Å². The van der Waals surface area contributed by atoms with Gasteiger partial charge in [-0.15, -0.1) is 0 Å². The Morgan fingerprint density at radius 1 is 1.21 bits per heavy atom. The molecular formula is C12H16MnN2O9. The summed E-state index contributed by atoms with van der Waals surface area (Å²) >= 11 is 0. The first kappa shape index (κ1) is 24.5. The van der Waals surface area contributed by atoms with Crippen molar-refractivity contribution in [2.24, 2.45) is 0 Å². The van der Waals surface area contributed by atoms with Crippen LogP contribution in [0.1, 0.15) is 5.69 Å². The first-order chi connectivity index (χ1) is 10.7. The van der Waals surface area contributed by atoms with Crippen LogP contribution in [0.15, 0.2) is 18.6 Å². The molecule has 0 unspecified atom stereocenters. The fourth-order valence-corrected chi connectivity index (χ4v) is 1.18. The average Bonchev–Trinajstić information content (AvgIpc) is 3.03. The molecule has 1 heterocycles. The Labute approximate surface area is 146 Å². The van der Waals surface area contributed by atoms with Gasteiger partial charge in [-0.05, 0) is 12.2 Å². The molecule has 0 saturated heterocycles. The third kappa shape index (κ3) is 9.37. The molecule has 24 heavy (non-hydrogen) atoms. The van der Waals surface area contributed by atoms with E-state index < -0.39 is 43.0 Å². The van der Waals surface area contributed by atoms with Gasteiger partial charge in [-0.2, -0.15) is 0 Å². The summed E-state index contributed by atoms with van der Waals surface area (Å²) in [5.74, 6) is -3.19. The smallest absolute Gasteiger partial charge is 0.547 e. The van der Waals surface area contributed by atoms with Crippen molar-refractivity contribution >= 4 is 18.0 Å². The first-order valence-electron chi connectivity index (χ1n) is 6.12. The molecule has 0 fully saturated rings. The van der Waals surface area contributed by atoms with Gasteiger partial charge in [0.2, 0.25) is 0 Å². The Morgan fingerprint density at radius 2 is 1.79 bits per heavy atom. The number of carboxylic acid groups (broad SMARTS) is 2. The maximum absolute atomic E-state index is 9.98. The van der Waals surface area contributed by atoms with E-state index in [0.29, 0.717) is 5.69 Å². The van der Waals surface area contributed by atoms with Gasteiger partial charge < -0.3 is 50.3 Å². The minimum absolute atomic E-state index is 0. The van der Waals surface area contributed by atoms with Crippen LogP contribution in [0.5, 0.6) is 0 Å². The Kier molecular flexibility index (Phi) is 12.9. The number of aromatic nitrogens is 2. The van der Waals surface area contributed by atoms with Gasteiger partial charge in [0.15, 0.2) is 0 Å². The number of H-pyrrole nitrogens is 1. The van der Waals surface area contributed by atoms with E-state index in [0.717, 1.165) is 6.08 Å².